The normalized spacial score (nSPS) is 16.9. The van der Waals surface area contributed by atoms with Crippen LogP contribution in [0.15, 0.2) is 48.4 Å². The molecular weight excluding hydrogens is 448 g/mol. The number of hydrogen-bond donors (Lipinski definition) is 1. The molecule has 1 aromatic heterocycles. The Kier molecular flexibility index (Phi) is 9.31. The summed E-state index contributed by atoms with van der Waals surface area (Å²) in [6.07, 6.45) is 1.93. The lowest BCUT2D eigenvalue weighted by molar-refractivity contribution is -0.136. The number of thiophene rings is 1. The van der Waals surface area contributed by atoms with Crippen molar-refractivity contribution < 1.29 is 19.4 Å². The number of nitrogens with zero attached hydrogens (tertiary/aromatic N) is 2. The number of benzene rings is 1. The molecule has 0 spiro atoms. The first-order valence-electron chi connectivity index (χ1n) is 11.9. The molecule has 34 heavy (non-hydrogen) atoms. The molecule has 3 rings (SSSR count). The Morgan fingerprint density at radius 1 is 1.38 bits per heavy atom. The van der Waals surface area contributed by atoms with Crippen LogP contribution in [0.25, 0.3) is 0 Å². The minimum absolute atomic E-state index is 0.0282. The van der Waals surface area contributed by atoms with Crippen LogP contribution in [-0.2, 0) is 16.0 Å². The van der Waals surface area contributed by atoms with E-state index in [-0.39, 0.29) is 30.7 Å². The van der Waals surface area contributed by atoms with Gasteiger partial charge in [0, 0.05) is 24.5 Å². The average Bonchev–Trinajstić information content (AvgIpc) is 3.25. The van der Waals surface area contributed by atoms with Gasteiger partial charge >= 0.3 is 0 Å². The Labute approximate surface area is 207 Å². The molecule has 0 saturated carbocycles. The van der Waals surface area contributed by atoms with Gasteiger partial charge in [-0.3, -0.25) is 9.69 Å². The first-order valence-corrected chi connectivity index (χ1v) is 12.7. The lowest BCUT2D eigenvalue weighted by atomic mass is 10.0. The molecule has 186 valence electrons. The van der Waals surface area contributed by atoms with Crippen LogP contribution in [0.3, 0.4) is 0 Å². The molecule has 1 aliphatic rings. The maximum Gasteiger partial charge on any atom is 0.237 e. The van der Waals surface area contributed by atoms with Crippen molar-refractivity contribution in [1.82, 2.24) is 9.80 Å². The van der Waals surface area contributed by atoms with Crippen molar-refractivity contribution in [2.75, 3.05) is 39.4 Å². The standard InChI is InChI=1S/C27H38N2O4S/c1-6-12-28(16-21(30)18-33-27(3,4)5)17-26(31)29-13-10-25-23(11-14-34-25)24(29)19-32-22-9-7-8-20(2)15-22/h6-9,11,14-15,21,24,30H,1,10,12-13,16-19H2,2-5H3. The molecule has 7 heteroatoms. The number of carbonyl (C=O) groups excluding carboxylic acids is 1. The van der Waals surface area contributed by atoms with Gasteiger partial charge in [-0.15, -0.1) is 17.9 Å². The second-order valence-corrected chi connectivity index (χ2v) is 10.8. The average molecular weight is 487 g/mol. The minimum Gasteiger partial charge on any atom is -0.491 e. The molecule has 0 fully saturated rings. The van der Waals surface area contributed by atoms with Crippen molar-refractivity contribution in [3.63, 3.8) is 0 Å². The van der Waals surface area contributed by atoms with Gasteiger partial charge in [0.2, 0.25) is 5.91 Å². The second kappa shape index (κ2) is 12.0. The van der Waals surface area contributed by atoms with Crippen LogP contribution in [0.1, 0.15) is 42.8 Å². The number of fused-ring (bicyclic) bond motifs is 1. The monoisotopic (exact) mass is 486 g/mol. The zero-order chi connectivity index (χ0) is 24.7. The van der Waals surface area contributed by atoms with E-state index in [1.165, 1.54) is 10.4 Å². The number of ether oxygens (including phenoxy) is 2. The molecule has 1 aliphatic heterocycles. The van der Waals surface area contributed by atoms with Gasteiger partial charge in [0.25, 0.3) is 0 Å². The Hall–Kier alpha value is -2.19. The number of amides is 1. The lowest BCUT2D eigenvalue weighted by Crippen LogP contribution is -2.48. The van der Waals surface area contributed by atoms with Crippen LogP contribution in [0.4, 0.5) is 0 Å². The molecule has 0 aliphatic carbocycles. The maximum atomic E-state index is 13.5. The van der Waals surface area contributed by atoms with E-state index in [1.807, 2.05) is 61.8 Å². The van der Waals surface area contributed by atoms with Gasteiger partial charge in [-0.1, -0.05) is 18.2 Å². The summed E-state index contributed by atoms with van der Waals surface area (Å²) in [7, 11) is 0. The minimum atomic E-state index is -0.683. The largest absolute Gasteiger partial charge is 0.491 e. The fourth-order valence-electron chi connectivity index (χ4n) is 4.12. The molecule has 0 bridgehead atoms. The molecule has 2 unspecified atom stereocenters. The number of aliphatic hydroxyl groups is 1. The SMILES string of the molecule is C=CCN(CC(=O)N1CCc2sccc2C1COc1cccc(C)c1)CC(O)COC(C)(C)C. The van der Waals surface area contributed by atoms with Gasteiger partial charge in [0.1, 0.15) is 12.4 Å². The fraction of sp³-hybridized carbons (Fsp3) is 0.519. The first-order chi connectivity index (χ1) is 16.2. The van der Waals surface area contributed by atoms with E-state index >= 15 is 0 Å². The van der Waals surface area contributed by atoms with Crippen LogP contribution < -0.4 is 4.74 Å². The molecular formula is C27H38N2O4S. The molecule has 2 atom stereocenters. The highest BCUT2D eigenvalue weighted by Gasteiger charge is 2.33. The summed E-state index contributed by atoms with van der Waals surface area (Å²) in [6, 6.07) is 9.95. The van der Waals surface area contributed by atoms with Crippen molar-refractivity contribution in [2.24, 2.45) is 0 Å². The van der Waals surface area contributed by atoms with Crippen molar-refractivity contribution in [2.45, 2.75) is 51.9 Å². The van der Waals surface area contributed by atoms with E-state index < -0.39 is 6.10 Å². The molecule has 2 aromatic rings. The second-order valence-electron chi connectivity index (χ2n) is 9.84. The summed E-state index contributed by atoms with van der Waals surface area (Å²) < 4.78 is 11.8. The van der Waals surface area contributed by atoms with E-state index in [1.54, 1.807) is 17.4 Å². The van der Waals surface area contributed by atoms with Gasteiger partial charge < -0.3 is 19.5 Å². The third kappa shape index (κ3) is 7.67. The lowest BCUT2D eigenvalue weighted by Gasteiger charge is -2.37. The quantitative estimate of drug-likeness (QED) is 0.482. The summed E-state index contributed by atoms with van der Waals surface area (Å²) in [5, 5.41) is 12.6. The topological polar surface area (TPSA) is 62.2 Å². The molecule has 1 aromatic carbocycles. The smallest absolute Gasteiger partial charge is 0.237 e. The Morgan fingerprint density at radius 2 is 2.18 bits per heavy atom. The number of aliphatic hydroxyl groups excluding tert-OH is 1. The zero-order valence-electron chi connectivity index (χ0n) is 20.8. The summed E-state index contributed by atoms with van der Waals surface area (Å²) in [6.45, 7) is 14.1. The van der Waals surface area contributed by atoms with Gasteiger partial charge in [0.15, 0.2) is 0 Å². The third-order valence-electron chi connectivity index (χ3n) is 5.74. The van der Waals surface area contributed by atoms with Crippen LogP contribution in [-0.4, -0.2) is 71.9 Å². The predicted molar refractivity (Wildman–Crippen MR) is 137 cm³/mol. The summed E-state index contributed by atoms with van der Waals surface area (Å²) in [5.74, 6) is 0.838. The van der Waals surface area contributed by atoms with E-state index in [9.17, 15) is 9.90 Å². The van der Waals surface area contributed by atoms with E-state index in [4.69, 9.17) is 9.47 Å². The highest BCUT2D eigenvalue weighted by molar-refractivity contribution is 7.10. The van der Waals surface area contributed by atoms with Crippen LogP contribution >= 0.6 is 11.3 Å². The van der Waals surface area contributed by atoms with E-state index in [0.717, 1.165) is 17.7 Å². The number of aryl methyl sites for hydroxylation is 1. The van der Waals surface area contributed by atoms with Gasteiger partial charge in [-0.2, -0.15) is 0 Å². The van der Waals surface area contributed by atoms with Crippen molar-refractivity contribution in [1.29, 1.82) is 0 Å². The predicted octanol–water partition coefficient (Wildman–Crippen LogP) is 4.23. The summed E-state index contributed by atoms with van der Waals surface area (Å²) in [5.41, 5.74) is 1.99. The van der Waals surface area contributed by atoms with E-state index in [2.05, 4.69) is 18.0 Å². The Morgan fingerprint density at radius 3 is 2.88 bits per heavy atom. The zero-order valence-corrected chi connectivity index (χ0v) is 21.6. The van der Waals surface area contributed by atoms with Crippen LogP contribution in [0, 0.1) is 6.92 Å². The maximum absolute atomic E-state index is 13.5. The highest BCUT2D eigenvalue weighted by Crippen LogP contribution is 2.34. The molecule has 0 radical (unpaired) electrons. The fourth-order valence-corrected chi connectivity index (χ4v) is 5.05. The number of carbonyl (C=O) groups is 1. The van der Waals surface area contributed by atoms with Crippen molar-refractivity contribution >= 4 is 17.2 Å². The Bertz CT molecular complexity index is 952. The van der Waals surface area contributed by atoms with Crippen LogP contribution in [0.2, 0.25) is 0 Å². The van der Waals surface area contributed by atoms with Gasteiger partial charge in [-0.05, 0) is 68.8 Å². The summed E-state index contributed by atoms with van der Waals surface area (Å²) in [4.78, 5) is 18.6. The van der Waals surface area contributed by atoms with Gasteiger partial charge in [-0.25, -0.2) is 0 Å². The Balaban J connectivity index is 1.67. The third-order valence-corrected chi connectivity index (χ3v) is 6.73. The van der Waals surface area contributed by atoms with Crippen LogP contribution in [0.5, 0.6) is 5.75 Å². The molecule has 2 heterocycles. The molecule has 0 saturated heterocycles. The van der Waals surface area contributed by atoms with Gasteiger partial charge in [0.05, 0.1) is 30.9 Å². The summed E-state index contributed by atoms with van der Waals surface area (Å²) >= 11 is 1.74. The molecule has 1 amide bonds. The number of rotatable bonds is 11. The highest BCUT2D eigenvalue weighted by atomic mass is 32.1. The number of hydrogen-bond acceptors (Lipinski definition) is 6. The van der Waals surface area contributed by atoms with E-state index in [0.29, 0.717) is 26.2 Å². The van der Waals surface area contributed by atoms with Crippen molar-refractivity contribution in [3.8, 4) is 5.75 Å². The molecule has 1 N–H and O–H groups in total. The molecule has 6 nitrogen and oxygen atoms in total. The van der Waals surface area contributed by atoms with Crippen molar-refractivity contribution in [3.05, 3.63) is 64.4 Å². The first kappa shape index (κ1) is 26.4.